The maximum absolute atomic E-state index is 13.4. The van der Waals surface area contributed by atoms with Gasteiger partial charge in [-0.05, 0) is 58.7 Å². The Hall–Kier alpha value is -3.73. The number of hydrogen-bond acceptors (Lipinski definition) is 4. The van der Waals surface area contributed by atoms with Crippen LogP contribution in [0.15, 0.2) is 72.4 Å². The van der Waals surface area contributed by atoms with Crippen molar-refractivity contribution in [1.29, 1.82) is 0 Å². The third-order valence-corrected chi connectivity index (χ3v) is 6.88. The number of Topliss-reactive ketones (excluding diaryl/α,β-unsaturated/α-hetero) is 1. The van der Waals surface area contributed by atoms with Crippen LogP contribution in [0.2, 0.25) is 0 Å². The Balaban J connectivity index is 1.90. The number of amides is 1. The molecule has 0 radical (unpaired) electrons. The van der Waals surface area contributed by atoms with E-state index in [2.05, 4.69) is 39.6 Å². The monoisotopic (exact) mass is 482 g/mol. The SMILES string of the molecule is Cc1ccc(C(C)(C)C)cc1/C(O)=C1\C(=O)C(=O)N(Cc2ccccn2)C1c1ccc(C(C)C)cc1. The van der Waals surface area contributed by atoms with Gasteiger partial charge < -0.3 is 10.0 Å². The normalized spacial score (nSPS) is 17.8. The molecule has 1 aliphatic rings. The number of aryl methyl sites for hydroxylation is 1. The number of benzene rings is 2. The fourth-order valence-electron chi connectivity index (χ4n) is 4.61. The molecule has 2 aromatic carbocycles. The van der Waals surface area contributed by atoms with Gasteiger partial charge in [0.1, 0.15) is 5.76 Å². The number of carbonyl (C=O) groups is 2. The molecule has 1 unspecified atom stereocenters. The molecule has 1 fully saturated rings. The summed E-state index contributed by atoms with van der Waals surface area (Å²) in [5.74, 6) is -1.10. The molecule has 36 heavy (non-hydrogen) atoms. The Morgan fingerprint density at radius 2 is 1.72 bits per heavy atom. The summed E-state index contributed by atoms with van der Waals surface area (Å²) in [5, 5.41) is 11.6. The minimum absolute atomic E-state index is 0.113. The van der Waals surface area contributed by atoms with E-state index in [1.165, 1.54) is 4.90 Å². The van der Waals surface area contributed by atoms with Crippen LogP contribution in [-0.2, 0) is 21.5 Å². The fourth-order valence-corrected chi connectivity index (χ4v) is 4.61. The number of carbonyl (C=O) groups excluding carboxylic acids is 2. The number of nitrogens with zero attached hydrogens (tertiary/aromatic N) is 2. The van der Waals surface area contributed by atoms with Gasteiger partial charge in [0.05, 0.1) is 23.9 Å². The first-order valence-corrected chi connectivity index (χ1v) is 12.4. The van der Waals surface area contributed by atoms with E-state index in [9.17, 15) is 14.7 Å². The number of aliphatic hydroxyl groups is 1. The van der Waals surface area contributed by atoms with Crippen LogP contribution in [0.5, 0.6) is 0 Å². The zero-order valence-corrected chi connectivity index (χ0v) is 21.9. The molecular formula is C31H34N2O3. The van der Waals surface area contributed by atoms with Crippen molar-refractivity contribution in [3.8, 4) is 0 Å². The molecule has 1 amide bonds. The lowest BCUT2D eigenvalue weighted by Gasteiger charge is -2.26. The van der Waals surface area contributed by atoms with Crippen LogP contribution in [-0.4, -0.2) is 26.7 Å². The number of likely N-dealkylation sites (tertiary alicyclic amines) is 1. The van der Waals surface area contributed by atoms with Gasteiger partial charge in [0.2, 0.25) is 0 Å². The van der Waals surface area contributed by atoms with E-state index < -0.39 is 17.7 Å². The highest BCUT2D eigenvalue weighted by molar-refractivity contribution is 6.46. The summed E-state index contributed by atoms with van der Waals surface area (Å²) in [7, 11) is 0. The number of aliphatic hydroxyl groups excluding tert-OH is 1. The molecule has 5 heteroatoms. The standard InChI is InChI=1S/C31H34N2O3/c1-19(2)21-11-13-22(14-12-21)27-26(28(34)25-17-23(31(4,5)6)15-10-20(25)3)29(35)30(36)33(27)18-24-9-7-8-16-32-24/h7-17,19,27,34H,18H2,1-6H3/b28-26+. The van der Waals surface area contributed by atoms with E-state index in [4.69, 9.17) is 0 Å². The second kappa shape index (κ2) is 9.73. The predicted molar refractivity (Wildman–Crippen MR) is 142 cm³/mol. The molecule has 4 rings (SSSR count). The maximum atomic E-state index is 13.4. The molecule has 1 aliphatic heterocycles. The molecule has 0 saturated carbocycles. The average molecular weight is 483 g/mol. The largest absolute Gasteiger partial charge is 0.507 e. The van der Waals surface area contributed by atoms with Gasteiger partial charge in [0.15, 0.2) is 0 Å². The van der Waals surface area contributed by atoms with Crippen LogP contribution >= 0.6 is 0 Å². The van der Waals surface area contributed by atoms with Gasteiger partial charge in [0.25, 0.3) is 11.7 Å². The summed E-state index contributed by atoms with van der Waals surface area (Å²) in [6, 6.07) is 18.6. The first-order chi connectivity index (χ1) is 17.0. The van der Waals surface area contributed by atoms with Crippen LogP contribution in [0.3, 0.4) is 0 Å². The second-order valence-corrected chi connectivity index (χ2v) is 10.8. The summed E-state index contributed by atoms with van der Waals surface area (Å²) < 4.78 is 0. The molecule has 1 N–H and O–H groups in total. The van der Waals surface area contributed by atoms with Gasteiger partial charge in [-0.25, -0.2) is 0 Å². The fraction of sp³-hybridized carbons (Fsp3) is 0.323. The van der Waals surface area contributed by atoms with E-state index in [1.807, 2.05) is 67.6 Å². The zero-order chi connectivity index (χ0) is 26.2. The van der Waals surface area contributed by atoms with E-state index in [0.29, 0.717) is 17.2 Å². The minimum Gasteiger partial charge on any atom is -0.507 e. The number of hydrogen-bond donors (Lipinski definition) is 1. The maximum Gasteiger partial charge on any atom is 0.296 e. The molecule has 186 valence electrons. The molecule has 1 saturated heterocycles. The number of pyridine rings is 1. The molecule has 3 aromatic rings. The van der Waals surface area contributed by atoms with Crippen molar-refractivity contribution in [2.75, 3.05) is 0 Å². The van der Waals surface area contributed by atoms with Crippen molar-refractivity contribution in [2.45, 2.75) is 65.5 Å². The van der Waals surface area contributed by atoms with Crippen LogP contribution in [0.4, 0.5) is 0 Å². The van der Waals surface area contributed by atoms with Gasteiger partial charge in [-0.3, -0.25) is 14.6 Å². The highest BCUT2D eigenvalue weighted by atomic mass is 16.3. The predicted octanol–water partition coefficient (Wildman–Crippen LogP) is 6.43. The van der Waals surface area contributed by atoms with Crippen LogP contribution in [0.1, 0.15) is 80.1 Å². The van der Waals surface area contributed by atoms with Crippen molar-refractivity contribution in [2.24, 2.45) is 0 Å². The molecule has 0 aliphatic carbocycles. The number of rotatable bonds is 5. The summed E-state index contributed by atoms with van der Waals surface area (Å²) in [6.07, 6.45) is 1.67. The first-order valence-electron chi connectivity index (χ1n) is 12.4. The summed E-state index contributed by atoms with van der Waals surface area (Å²) in [6.45, 7) is 12.6. The van der Waals surface area contributed by atoms with Gasteiger partial charge in [-0.2, -0.15) is 0 Å². The molecule has 2 heterocycles. The van der Waals surface area contributed by atoms with Crippen molar-refractivity contribution in [3.63, 3.8) is 0 Å². The van der Waals surface area contributed by atoms with Crippen molar-refractivity contribution in [1.82, 2.24) is 9.88 Å². The second-order valence-electron chi connectivity index (χ2n) is 10.8. The van der Waals surface area contributed by atoms with Gasteiger partial charge >= 0.3 is 0 Å². The lowest BCUT2D eigenvalue weighted by molar-refractivity contribution is -0.140. The van der Waals surface area contributed by atoms with Gasteiger partial charge in [0, 0.05) is 11.8 Å². The molecule has 1 atom stereocenters. The summed E-state index contributed by atoms with van der Waals surface area (Å²) >= 11 is 0. The Morgan fingerprint density at radius 3 is 2.31 bits per heavy atom. The van der Waals surface area contributed by atoms with E-state index in [0.717, 1.165) is 22.3 Å². The molecule has 0 bridgehead atoms. The van der Waals surface area contributed by atoms with Crippen molar-refractivity contribution < 1.29 is 14.7 Å². The Kier molecular flexibility index (Phi) is 6.85. The van der Waals surface area contributed by atoms with Crippen LogP contribution < -0.4 is 0 Å². The Bertz CT molecular complexity index is 1320. The first kappa shape index (κ1) is 25.4. The van der Waals surface area contributed by atoms with Gasteiger partial charge in [-0.15, -0.1) is 0 Å². The van der Waals surface area contributed by atoms with Crippen LogP contribution in [0.25, 0.3) is 5.76 Å². The van der Waals surface area contributed by atoms with E-state index in [-0.39, 0.29) is 23.3 Å². The quantitative estimate of drug-likeness (QED) is 0.258. The third kappa shape index (κ3) is 4.83. The lowest BCUT2D eigenvalue weighted by Crippen LogP contribution is -2.29. The molecule has 0 spiro atoms. The molecule has 5 nitrogen and oxygen atoms in total. The van der Waals surface area contributed by atoms with E-state index >= 15 is 0 Å². The zero-order valence-electron chi connectivity index (χ0n) is 21.9. The average Bonchev–Trinajstić information content (AvgIpc) is 3.09. The summed E-state index contributed by atoms with van der Waals surface area (Å²) in [4.78, 5) is 32.7. The third-order valence-electron chi connectivity index (χ3n) is 6.88. The van der Waals surface area contributed by atoms with Crippen LogP contribution in [0, 0.1) is 6.92 Å². The Morgan fingerprint density at radius 1 is 1.03 bits per heavy atom. The van der Waals surface area contributed by atoms with E-state index in [1.54, 1.807) is 6.20 Å². The smallest absolute Gasteiger partial charge is 0.296 e. The molecular weight excluding hydrogens is 448 g/mol. The topological polar surface area (TPSA) is 70.5 Å². The highest BCUT2D eigenvalue weighted by Gasteiger charge is 2.46. The molecule has 1 aromatic heterocycles. The van der Waals surface area contributed by atoms with Crippen molar-refractivity contribution in [3.05, 3.63) is 106 Å². The lowest BCUT2D eigenvalue weighted by atomic mass is 9.84. The van der Waals surface area contributed by atoms with Crippen molar-refractivity contribution >= 4 is 17.4 Å². The van der Waals surface area contributed by atoms with Gasteiger partial charge in [-0.1, -0.05) is 77.1 Å². The number of ketones is 1. The summed E-state index contributed by atoms with van der Waals surface area (Å²) in [5.41, 5.74) is 5.04. The highest BCUT2D eigenvalue weighted by Crippen LogP contribution is 2.41. The Labute approximate surface area is 213 Å². The number of aromatic nitrogens is 1. The minimum atomic E-state index is -0.717.